The van der Waals surface area contributed by atoms with Crippen LogP contribution in [-0.2, 0) is 13.6 Å². The van der Waals surface area contributed by atoms with E-state index < -0.39 is 0 Å². The third kappa shape index (κ3) is 1.76. The van der Waals surface area contributed by atoms with E-state index in [2.05, 4.69) is 20.9 Å². The first kappa shape index (κ1) is 11.3. The highest BCUT2D eigenvalue weighted by atomic mass is 79.9. The first-order chi connectivity index (χ1) is 7.65. The summed E-state index contributed by atoms with van der Waals surface area (Å²) in [6.07, 6.45) is 0. The fourth-order valence-corrected chi connectivity index (χ4v) is 2.04. The van der Waals surface area contributed by atoms with Crippen molar-refractivity contribution in [2.75, 3.05) is 0 Å². The lowest BCUT2D eigenvalue weighted by molar-refractivity contribution is 0.630. The number of rotatable bonds is 2. The average Bonchev–Trinajstić information content (AvgIpc) is 2.57. The minimum absolute atomic E-state index is 0.287. The fourth-order valence-electron chi connectivity index (χ4n) is 1.53. The van der Waals surface area contributed by atoms with Crippen molar-refractivity contribution in [3.63, 3.8) is 0 Å². The third-order valence-corrected chi connectivity index (χ3v) is 3.34. The Hall–Kier alpha value is -1.20. The van der Waals surface area contributed by atoms with Crippen LogP contribution in [0.25, 0.3) is 11.3 Å². The minimum Gasteiger partial charge on any atom is -0.324 e. The van der Waals surface area contributed by atoms with E-state index in [0.29, 0.717) is 23.6 Å². The first-order valence-corrected chi connectivity index (χ1v) is 5.60. The number of hydrogen-bond donors (Lipinski definition) is 1. The van der Waals surface area contributed by atoms with Crippen molar-refractivity contribution in [2.45, 2.75) is 6.54 Å². The highest BCUT2D eigenvalue weighted by molar-refractivity contribution is 9.10. The van der Waals surface area contributed by atoms with Crippen LogP contribution in [0.2, 0.25) is 0 Å². The molecule has 3 nitrogen and oxygen atoms in total. The first-order valence-electron chi connectivity index (χ1n) is 4.81. The molecule has 0 aliphatic heterocycles. The molecular formula is C11H11BrFN3. The Labute approximate surface area is 101 Å². The van der Waals surface area contributed by atoms with Crippen molar-refractivity contribution < 1.29 is 4.39 Å². The molecule has 16 heavy (non-hydrogen) atoms. The van der Waals surface area contributed by atoms with Gasteiger partial charge in [-0.3, -0.25) is 0 Å². The largest absolute Gasteiger partial charge is 0.324 e. The van der Waals surface area contributed by atoms with Gasteiger partial charge in [0.05, 0.1) is 6.54 Å². The normalized spacial score (nSPS) is 10.8. The Kier molecular flexibility index (Phi) is 3.07. The van der Waals surface area contributed by atoms with Gasteiger partial charge in [-0.05, 0) is 28.1 Å². The molecule has 1 aromatic carbocycles. The van der Waals surface area contributed by atoms with Gasteiger partial charge in [0.2, 0.25) is 0 Å². The van der Waals surface area contributed by atoms with E-state index >= 15 is 0 Å². The zero-order valence-corrected chi connectivity index (χ0v) is 10.3. The van der Waals surface area contributed by atoms with Crippen LogP contribution in [-0.4, -0.2) is 9.55 Å². The molecule has 84 valence electrons. The van der Waals surface area contributed by atoms with Gasteiger partial charge in [0.15, 0.2) is 0 Å². The second-order valence-corrected chi connectivity index (χ2v) is 4.16. The van der Waals surface area contributed by atoms with E-state index in [1.54, 1.807) is 18.2 Å². The van der Waals surface area contributed by atoms with Crippen LogP contribution in [0.1, 0.15) is 5.82 Å². The number of nitrogens with zero attached hydrogens (tertiary/aromatic N) is 2. The van der Waals surface area contributed by atoms with Crippen LogP contribution < -0.4 is 5.73 Å². The summed E-state index contributed by atoms with van der Waals surface area (Å²) in [5.41, 5.74) is 6.61. The predicted octanol–water partition coefficient (Wildman–Crippen LogP) is 2.45. The second kappa shape index (κ2) is 4.35. The van der Waals surface area contributed by atoms with Crippen molar-refractivity contribution >= 4 is 15.9 Å². The van der Waals surface area contributed by atoms with Crippen LogP contribution in [0.3, 0.4) is 0 Å². The van der Waals surface area contributed by atoms with Gasteiger partial charge in [-0.15, -0.1) is 0 Å². The smallest absolute Gasteiger partial charge is 0.132 e. The maximum atomic E-state index is 13.6. The molecule has 0 atom stereocenters. The maximum absolute atomic E-state index is 13.6. The molecule has 0 saturated carbocycles. The van der Waals surface area contributed by atoms with E-state index in [-0.39, 0.29) is 5.82 Å². The van der Waals surface area contributed by atoms with Crippen LogP contribution >= 0.6 is 15.9 Å². The Balaban J connectivity index is 2.61. The maximum Gasteiger partial charge on any atom is 0.132 e. The molecular weight excluding hydrogens is 273 g/mol. The number of nitrogens with two attached hydrogens (primary N) is 1. The number of halogens is 2. The quantitative estimate of drug-likeness (QED) is 0.920. The van der Waals surface area contributed by atoms with Gasteiger partial charge in [0.25, 0.3) is 0 Å². The van der Waals surface area contributed by atoms with Gasteiger partial charge in [-0.1, -0.05) is 12.1 Å². The molecule has 0 spiro atoms. The SMILES string of the molecule is Cn1c(CN)nc(-c2ccccc2F)c1Br. The topological polar surface area (TPSA) is 43.8 Å². The summed E-state index contributed by atoms with van der Waals surface area (Å²) >= 11 is 3.39. The Morgan fingerprint density at radius 3 is 2.69 bits per heavy atom. The number of aromatic nitrogens is 2. The van der Waals surface area contributed by atoms with Crippen LogP contribution in [0.5, 0.6) is 0 Å². The molecule has 2 N–H and O–H groups in total. The van der Waals surface area contributed by atoms with Crippen molar-refractivity contribution in [1.29, 1.82) is 0 Å². The zero-order valence-electron chi connectivity index (χ0n) is 8.74. The third-order valence-electron chi connectivity index (χ3n) is 2.43. The number of hydrogen-bond acceptors (Lipinski definition) is 2. The summed E-state index contributed by atoms with van der Waals surface area (Å²) in [6, 6.07) is 6.54. The van der Waals surface area contributed by atoms with Crippen molar-refractivity contribution in [2.24, 2.45) is 12.8 Å². The molecule has 0 fully saturated rings. The lowest BCUT2D eigenvalue weighted by atomic mass is 10.1. The highest BCUT2D eigenvalue weighted by Gasteiger charge is 2.15. The lowest BCUT2D eigenvalue weighted by Gasteiger charge is -2.00. The average molecular weight is 284 g/mol. The van der Waals surface area contributed by atoms with Gasteiger partial charge >= 0.3 is 0 Å². The molecule has 1 aromatic heterocycles. The summed E-state index contributed by atoms with van der Waals surface area (Å²) in [4.78, 5) is 4.31. The predicted molar refractivity (Wildman–Crippen MR) is 64.2 cm³/mol. The van der Waals surface area contributed by atoms with E-state index in [1.165, 1.54) is 6.07 Å². The molecule has 0 saturated heterocycles. The molecule has 2 rings (SSSR count). The van der Waals surface area contributed by atoms with Crippen molar-refractivity contribution in [3.8, 4) is 11.3 Å². The van der Waals surface area contributed by atoms with Gasteiger partial charge < -0.3 is 10.3 Å². The summed E-state index contributed by atoms with van der Waals surface area (Å²) in [6.45, 7) is 0.323. The van der Waals surface area contributed by atoms with E-state index in [0.717, 1.165) is 4.60 Å². The summed E-state index contributed by atoms with van der Waals surface area (Å²) in [7, 11) is 1.84. The van der Waals surface area contributed by atoms with Crippen LogP contribution in [0, 0.1) is 5.82 Å². The Morgan fingerprint density at radius 2 is 2.12 bits per heavy atom. The molecule has 0 aliphatic rings. The molecule has 5 heteroatoms. The lowest BCUT2D eigenvalue weighted by Crippen LogP contribution is -2.04. The monoisotopic (exact) mass is 283 g/mol. The van der Waals surface area contributed by atoms with Gasteiger partial charge in [0, 0.05) is 12.6 Å². The second-order valence-electron chi connectivity index (χ2n) is 3.41. The molecule has 0 bridgehead atoms. The number of imidazole rings is 1. The molecule has 1 heterocycles. The summed E-state index contributed by atoms with van der Waals surface area (Å²) in [5.74, 6) is 0.426. The van der Waals surface area contributed by atoms with Gasteiger partial charge in [-0.25, -0.2) is 9.37 Å². The van der Waals surface area contributed by atoms with Crippen LogP contribution in [0.15, 0.2) is 28.9 Å². The minimum atomic E-state index is -0.287. The van der Waals surface area contributed by atoms with E-state index in [4.69, 9.17) is 5.73 Å². The molecule has 0 radical (unpaired) electrons. The number of benzene rings is 1. The van der Waals surface area contributed by atoms with Gasteiger partial charge in [0.1, 0.15) is 21.9 Å². The summed E-state index contributed by atoms with van der Waals surface area (Å²) in [5, 5.41) is 0. The standard InChI is InChI=1S/C11H11BrFN3/c1-16-9(6-14)15-10(11(16)12)7-4-2-3-5-8(7)13/h2-5H,6,14H2,1H3. The highest BCUT2D eigenvalue weighted by Crippen LogP contribution is 2.29. The molecule has 0 unspecified atom stereocenters. The Bertz CT molecular complexity index is 522. The fraction of sp³-hybridized carbons (Fsp3) is 0.182. The van der Waals surface area contributed by atoms with Crippen molar-refractivity contribution in [1.82, 2.24) is 9.55 Å². The molecule has 2 aromatic rings. The van der Waals surface area contributed by atoms with E-state index in [9.17, 15) is 4.39 Å². The molecule has 0 aliphatic carbocycles. The Morgan fingerprint density at radius 1 is 1.44 bits per heavy atom. The molecule has 0 amide bonds. The van der Waals surface area contributed by atoms with Gasteiger partial charge in [-0.2, -0.15) is 0 Å². The van der Waals surface area contributed by atoms with Crippen LogP contribution in [0.4, 0.5) is 4.39 Å². The summed E-state index contributed by atoms with van der Waals surface area (Å²) < 4.78 is 16.1. The van der Waals surface area contributed by atoms with Crippen molar-refractivity contribution in [3.05, 3.63) is 40.5 Å². The zero-order chi connectivity index (χ0) is 11.7. The van der Waals surface area contributed by atoms with E-state index in [1.807, 2.05) is 11.6 Å².